The molecule has 1 fully saturated rings. The molecule has 0 aliphatic heterocycles. The lowest BCUT2D eigenvalue weighted by Gasteiger charge is -2.01. The van der Waals surface area contributed by atoms with Crippen LogP contribution in [0, 0.1) is 0 Å². The summed E-state index contributed by atoms with van der Waals surface area (Å²) >= 11 is 0. The lowest BCUT2D eigenvalue weighted by molar-refractivity contribution is -0.139. The second kappa shape index (κ2) is 6.13. The lowest BCUT2D eigenvalue weighted by atomic mass is 10.1. The summed E-state index contributed by atoms with van der Waals surface area (Å²) in [6.45, 7) is 2.09. The quantitative estimate of drug-likeness (QED) is 0.480. The van der Waals surface area contributed by atoms with Gasteiger partial charge in [-0.1, -0.05) is 31.2 Å². The van der Waals surface area contributed by atoms with Crippen molar-refractivity contribution in [3.8, 4) is 0 Å². The number of rotatable bonds is 4. The summed E-state index contributed by atoms with van der Waals surface area (Å²) in [5.41, 5.74) is 4.33. The van der Waals surface area contributed by atoms with Gasteiger partial charge >= 0.3 is 11.8 Å². The second-order valence-electron chi connectivity index (χ2n) is 4.54. The number of benzene rings is 1. The van der Waals surface area contributed by atoms with Gasteiger partial charge in [-0.3, -0.25) is 9.59 Å². The van der Waals surface area contributed by atoms with Crippen LogP contribution in [0.4, 0.5) is 0 Å². The summed E-state index contributed by atoms with van der Waals surface area (Å²) in [7, 11) is 0. The molecule has 5 nitrogen and oxygen atoms in total. The van der Waals surface area contributed by atoms with Crippen LogP contribution in [-0.4, -0.2) is 24.1 Å². The molecule has 0 radical (unpaired) electrons. The molecule has 0 aromatic heterocycles. The maximum atomic E-state index is 11.4. The van der Waals surface area contributed by atoms with Gasteiger partial charge in [0.15, 0.2) is 0 Å². The van der Waals surface area contributed by atoms with E-state index < -0.39 is 11.8 Å². The maximum absolute atomic E-state index is 11.4. The first-order chi connectivity index (χ1) is 9.19. The van der Waals surface area contributed by atoms with E-state index in [2.05, 4.69) is 22.8 Å². The van der Waals surface area contributed by atoms with Crippen LogP contribution in [0.3, 0.4) is 0 Å². The predicted molar refractivity (Wildman–Crippen MR) is 72.7 cm³/mol. The van der Waals surface area contributed by atoms with E-state index in [4.69, 9.17) is 0 Å². The number of carbonyl (C=O) groups excluding carboxylic acids is 2. The van der Waals surface area contributed by atoms with E-state index >= 15 is 0 Å². The van der Waals surface area contributed by atoms with Crippen molar-refractivity contribution < 1.29 is 9.59 Å². The van der Waals surface area contributed by atoms with E-state index in [9.17, 15) is 9.59 Å². The number of nitrogens with one attached hydrogen (secondary N) is 2. The van der Waals surface area contributed by atoms with Gasteiger partial charge < -0.3 is 5.32 Å². The molecule has 1 saturated carbocycles. The van der Waals surface area contributed by atoms with Crippen molar-refractivity contribution in [1.29, 1.82) is 0 Å². The Labute approximate surface area is 112 Å². The Morgan fingerprint density at radius 1 is 1.26 bits per heavy atom. The number of aryl methyl sites for hydroxylation is 1. The molecule has 1 aliphatic carbocycles. The van der Waals surface area contributed by atoms with Crippen molar-refractivity contribution in [2.75, 3.05) is 0 Å². The molecule has 1 aromatic rings. The highest BCUT2D eigenvalue weighted by atomic mass is 16.2. The lowest BCUT2D eigenvalue weighted by Crippen LogP contribution is -2.38. The van der Waals surface area contributed by atoms with Gasteiger partial charge in [-0.15, -0.1) is 0 Å². The molecule has 1 aliphatic rings. The fourth-order valence-corrected chi connectivity index (χ4v) is 1.53. The summed E-state index contributed by atoms with van der Waals surface area (Å²) in [5.74, 6) is -1.35. The van der Waals surface area contributed by atoms with E-state index in [-0.39, 0.29) is 6.04 Å². The van der Waals surface area contributed by atoms with Crippen LogP contribution in [0.1, 0.15) is 30.9 Å². The monoisotopic (exact) mass is 259 g/mol. The van der Waals surface area contributed by atoms with Crippen LogP contribution in [0.25, 0.3) is 0 Å². The Morgan fingerprint density at radius 3 is 2.53 bits per heavy atom. The summed E-state index contributed by atoms with van der Waals surface area (Å²) < 4.78 is 0. The number of hydrogen-bond donors (Lipinski definition) is 2. The molecule has 0 heterocycles. The Balaban J connectivity index is 1.80. The molecule has 0 unspecified atom stereocenters. The zero-order chi connectivity index (χ0) is 13.7. The minimum absolute atomic E-state index is 0.170. The van der Waals surface area contributed by atoms with E-state index in [0.717, 1.165) is 24.8 Å². The van der Waals surface area contributed by atoms with E-state index in [0.29, 0.717) is 0 Å². The predicted octanol–water partition coefficient (Wildman–Crippen LogP) is 0.978. The molecule has 2 amide bonds. The molecule has 19 heavy (non-hydrogen) atoms. The normalized spacial score (nSPS) is 14.4. The van der Waals surface area contributed by atoms with Crippen LogP contribution < -0.4 is 10.7 Å². The Bertz CT molecular complexity index is 490. The highest BCUT2D eigenvalue weighted by Crippen LogP contribution is 2.18. The first kappa shape index (κ1) is 13.3. The molecule has 0 atom stereocenters. The zero-order valence-electron chi connectivity index (χ0n) is 10.8. The Morgan fingerprint density at radius 2 is 1.95 bits per heavy atom. The molecule has 100 valence electrons. The molecule has 5 heteroatoms. The van der Waals surface area contributed by atoms with Gasteiger partial charge in [-0.2, -0.15) is 5.10 Å². The Kier molecular flexibility index (Phi) is 4.28. The smallest absolute Gasteiger partial charge is 0.329 e. The number of nitrogens with zero attached hydrogens (tertiary/aromatic N) is 1. The summed E-state index contributed by atoms with van der Waals surface area (Å²) in [4.78, 5) is 22.7. The second-order valence-corrected chi connectivity index (χ2v) is 4.54. The highest BCUT2D eigenvalue weighted by Gasteiger charge is 2.26. The SMILES string of the molecule is CCc1ccc(C=NNC(=O)C(=O)NC2CC2)cc1. The first-order valence-corrected chi connectivity index (χ1v) is 6.42. The topological polar surface area (TPSA) is 70.6 Å². The number of carbonyl (C=O) groups is 2. The number of hydrazone groups is 1. The van der Waals surface area contributed by atoms with Crippen LogP contribution in [-0.2, 0) is 16.0 Å². The largest absolute Gasteiger partial charge is 0.345 e. The number of hydrogen-bond acceptors (Lipinski definition) is 3. The minimum Gasteiger partial charge on any atom is -0.345 e. The fourth-order valence-electron chi connectivity index (χ4n) is 1.53. The molecule has 0 bridgehead atoms. The molecule has 0 saturated heterocycles. The maximum Gasteiger partial charge on any atom is 0.329 e. The van der Waals surface area contributed by atoms with Crippen molar-refractivity contribution in [3.63, 3.8) is 0 Å². The fraction of sp³-hybridized carbons (Fsp3) is 0.357. The van der Waals surface area contributed by atoms with Crippen molar-refractivity contribution in [2.45, 2.75) is 32.2 Å². The van der Waals surface area contributed by atoms with Crippen molar-refractivity contribution in [2.24, 2.45) is 5.10 Å². The molecule has 2 N–H and O–H groups in total. The third-order valence-corrected chi connectivity index (χ3v) is 2.89. The summed E-state index contributed by atoms with van der Waals surface area (Å²) in [5, 5.41) is 6.35. The zero-order valence-corrected chi connectivity index (χ0v) is 10.8. The van der Waals surface area contributed by atoms with Crippen molar-refractivity contribution in [3.05, 3.63) is 35.4 Å². The molecular weight excluding hydrogens is 242 g/mol. The van der Waals surface area contributed by atoms with Gasteiger partial charge in [0.05, 0.1) is 6.21 Å². The molecule has 2 rings (SSSR count). The van der Waals surface area contributed by atoms with E-state index in [1.165, 1.54) is 11.8 Å². The Hall–Kier alpha value is -2.17. The average Bonchev–Trinajstić information content (AvgIpc) is 3.23. The van der Waals surface area contributed by atoms with Crippen LogP contribution in [0.15, 0.2) is 29.4 Å². The highest BCUT2D eigenvalue weighted by molar-refractivity contribution is 6.35. The van der Waals surface area contributed by atoms with Gasteiger partial charge in [-0.25, -0.2) is 5.43 Å². The van der Waals surface area contributed by atoms with E-state index in [1.807, 2.05) is 24.3 Å². The molecule has 0 spiro atoms. The van der Waals surface area contributed by atoms with Gasteiger partial charge in [0.25, 0.3) is 0 Å². The first-order valence-electron chi connectivity index (χ1n) is 6.42. The van der Waals surface area contributed by atoms with Crippen molar-refractivity contribution in [1.82, 2.24) is 10.7 Å². The number of amides is 2. The third kappa shape index (κ3) is 4.21. The van der Waals surface area contributed by atoms with Gasteiger partial charge in [0.1, 0.15) is 0 Å². The summed E-state index contributed by atoms with van der Waals surface area (Å²) in [6, 6.07) is 8.01. The van der Waals surface area contributed by atoms with Gasteiger partial charge in [0, 0.05) is 6.04 Å². The average molecular weight is 259 g/mol. The van der Waals surface area contributed by atoms with Gasteiger partial charge in [0.2, 0.25) is 0 Å². The van der Waals surface area contributed by atoms with Crippen LogP contribution >= 0.6 is 0 Å². The molecular formula is C14H17N3O2. The van der Waals surface area contributed by atoms with Gasteiger partial charge in [-0.05, 0) is 30.4 Å². The standard InChI is InChI=1S/C14H17N3O2/c1-2-10-3-5-11(6-4-10)9-15-17-14(19)13(18)16-12-7-8-12/h3-6,9,12H,2,7-8H2,1H3,(H,16,18)(H,17,19). The molecule has 1 aromatic carbocycles. The van der Waals surface area contributed by atoms with Crippen LogP contribution in [0.5, 0.6) is 0 Å². The minimum atomic E-state index is -0.728. The van der Waals surface area contributed by atoms with Crippen LogP contribution in [0.2, 0.25) is 0 Å². The van der Waals surface area contributed by atoms with Crippen molar-refractivity contribution >= 4 is 18.0 Å². The third-order valence-electron chi connectivity index (χ3n) is 2.89. The summed E-state index contributed by atoms with van der Waals surface area (Å²) in [6.07, 6.45) is 4.40. The van der Waals surface area contributed by atoms with E-state index in [1.54, 1.807) is 0 Å².